The average Bonchev–Trinajstić information content (AvgIpc) is 3.04. The second-order valence-electron chi connectivity index (χ2n) is 10.6. The van der Waals surface area contributed by atoms with Gasteiger partial charge in [-0.1, -0.05) is 39.0 Å². The zero-order chi connectivity index (χ0) is 28.3. The molecule has 1 aromatic heterocycles. The number of H-pyrrole nitrogens is 1. The molecule has 38 heavy (non-hydrogen) atoms. The second kappa shape index (κ2) is 11.5. The third-order valence-electron chi connectivity index (χ3n) is 5.66. The lowest BCUT2D eigenvalue weighted by Crippen LogP contribution is -2.53. The van der Waals surface area contributed by atoms with Gasteiger partial charge in [-0.25, -0.2) is 9.36 Å². The highest BCUT2D eigenvalue weighted by Gasteiger charge is 2.52. The maximum atomic E-state index is 13.7. The molecule has 0 aliphatic carbocycles. The van der Waals surface area contributed by atoms with Gasteiger partial charge >= 0.3 is 19.4 Å². The van der Waals surface area contributed by atoms with Crippen molar-refractivity contribution >= 4 is 13.7 Å². The zero-order valence-corrected chi connectivity index (χ0v) is 22.8. The Morgan fingerprint density at radius 1 is 1.29 bits per heavy atom. The Morgan fingerprint density at radius 2 is 1.95 bits per heavy atom. The Hall–Kier alpha value is -2.80. The summed E-state index contributed by atoms with van der Waals surface area (Å²) in [7, 11) is -4.24. The van der Waals surface area contributed by atoms with E-state index in [0.717, 1.165) is 10.6 Å². The highest BCUT2D eigenvalue weighted by Crippen LogP contribution is 2.46. The summed E-state index contributed by atoms with van der Waals surface area (Å²) in [5, 5.41) is 13.4. The number of carbonyl (C=O) groups is 1. The zero-order valence-electron chi connectivity index (χ0n) is 22.0. The molecule has 1 aliphatic heterocycles. The van der Waals surface area contributed by atoms with E-state index in [1.54, 1.807) is 30.3 Å². The first-order valence-electron chi connectivity index (χ1n) is 12.0. The number of aromatic nitrogens is 2. The number of para-hydroxylation sites is 1. The van der Waals surface area contributed by atoms with Crippen molar-refractivity contribution in [3.63, 3.8) is 0 Å². The van der Waals surface area contributed by atoms with E-state index in [4.69, 9.17) is 24.3 Å². The highest BCUT2D eigenvalue weighted by atomic mass is 31.2. The number of nitrogens with one attached hydrogen (secondary N) is 2. The summed E-state index contributed by atoms with van der Waals surface area (Å²) in [5.41, 5.74) is 3.14. The van der Waals surface area contributed by atoms with Crippen LogP contribution in [0.4, 0.5) is 0 Å². The fourth-order valence-corrected chi connectivity index (χ4v) is 5.13. The van der Waals surface area contributed by atoms with Crippen LogP contribution in [0.15, 0.2) is 52.2 Å². The van der Waals surface area contributed by atoms with Crippen molar-refractivity contribution in [2.75, 3.05) is 13.2 Å². The number of aliphatic hydroxyl groups excluding tert-OH is 1. The number of ether oxygens (including phenoxy) is 2. The molecule has 0 saturated carbocycles. The second-order valence-corrected chi connectivity index (χ2v) is 12.3. The average molecular weight is 555 g/mol. The summed E-state index contributed by atoms with van der Waals surface area (Å²) in [6.45, 7) is 8.28. The van der Waals surface area contributed by atoms with Crippen molar-refractivity contribution in [2.45, 2.75) is 64.6 Å². The smallest absolute Gasteiger partial charge is 0.459 e. The first-order valence-corrected chi connectivity index (χ1v) is 13.5. The van der Waals surface area contributed by atoms with Gasteiger partial charge in [-0.15, -0.1) is 0 Å². The Labute approximate surface area is 219 Å². The molecular weight excluding hydrogens is 519 g/mol. The fourth-order valence-electron chi connectivity index (χ4n) is 3.63. The third kappa shape index (κ3) is 7.40. The largest absolute Gasteiger partial charge is 0.464 e. The van der Waals surface area contributed by atoms with Gasteiger partial charge in [-0.05, 0) is 31.4 Å². The minimum Gasteiger partial charge on any atom is -0.464 e. The number of rotatable bonds is 10. The summed E-state index contributed by atoms with van der Waals surface area (Å²) in [6.07, 6.45) is -2.50. The Bertz CT molecular complexity index is 1270. The fraction of sp³-hybridized carbons (Fsp3) is 0.542. The number of hydrogen-bond acceptors (Lipinski definition) is 10. The number of benzene rings is 1. The van der Waals surface area contributed by atoms with Crippen molar-refractivity contribution in [3.8, 4) is 5.75 Å². The lowest BCUT2D eigenvalue weighted by atomic mass is 9.93. The number of hydrogen-bond donors (Lipinski definition) is 4. The van der Waals surface area contributed by atoms with Crippen molar-refractivity contribution in [2.24, 2.45) is 11.1 Å². The lowest BCUT2D eigenvalue weighted by Gasteiger charge is -2.28. The van der Waals surface area contributed by atoms with Gasteiger partial charge in [0.05, 0.1) is 18.8 Å². The minimum absolute atomic E-state index is 0.144. The monoisotopic (exact) mass is 554 g/mol. The van der Waals surface area contributed by atoms with Crippen molar-refractivity contribution < 1.29 is 33.0 Å². The number of aromatic amines is 1. The van der Waals surface area contributed by atoms with E-state index < -0.39 is 61.6 Å². The van der Waals surface area contributed by atoms with Crippen molar-refractivity contribution in [1.82, 2.24) is 14.6 Å². The third-order valence-corrected chi connectivity index (χ3v) is 7.30. The molecule has 2 aromatic rings. The van der Waals surface area contributed by atoms with Crippen LogP contribution in [0.2, 0.25) is 0 Å². The lowest BCUT2D eigenvalue weighted by molar-refractivity contribution is -0.148. The summed E-state index contributed by atoms with van der Waals surface area (Å²) in [5.74, 6) is -0.461. The van der Waals surface area contributed by atoms with Crippen LogP contribution in [-0.4, -0.2) is 57.6 Å². The molecule has 2 unspecified atom stereocenters. The maximum Gasteiger partial charge on any atom is 0.459 e. The number of nitrogens with two attached hydrogens (primary N) is 1. The Kier molecular flexibility index (Phi) is 9.02. The quantitative estimate of drug-likeness (QED) is 0.245. The van der Waals surface area contributed by atoms with E-state index in [9.17, 15) is 24.1 Å². The molecule has 3 rings (SSSR count). The molecule has 0 spiro atoms. The van der Waals surface area contributed by atoms with Crippen LogP contribution in [0, 0.1) is 5.41 Å². The van der Waals surface area contributed by atoms with Gasteiger partial charge in [0.25, 0.3) is 5.56 Å². The molecule has 0 radical (unpaired) electrons. The molecule has 1 aliphatic rings. The van der Waals surface area contributed by atoms with E-state index in [0.29, 0.717) is 0 Å². The maximum absolute atomic E-state index is 13.7. The van der Waals surface area contributed by atoms with Crippen molar-refractivity contribution in [3.05, 3.63) is 63.4 Å². The molecule has 1 aromatic carbocycles. The molecule has 1 fully saturated rings. The number of aliphatic hydroxyl groups is 1. The SMILES string of the molecule is C[C@H](NP(=O)(OC[C@H]1O[C@@H](n2ccc(=O)[nH]c2=O)[C@](C)(N)C1O)Oc1ccccc1)C(=O)OCC(C)(C)C. The molecule has 2 heterocycles. The van der Waals surface area contributed by atoms with Gasteiger partial charge in [0.2, 0.25) is 0 Å². The van der Waals surface area contributed by atoms with E-state index in [1.165, 1.54) is 20.0 Å². The molecule has 13 nitrogen and oxygen atoms in total. The van der Waals surface area contributed by atoms with E-state index in [-0.39, 0.29) is 17.8 Å². The van der Waals surface area contributed by atoms with Gasteiger partial charge in [-0.2, -0.15) is 5.09 Å². The van der Waals surface area contributed by atoms with Crippen LogP contribution in [0.1, 0.15) is 40.8 Å². The Balaban J connectivity index is 1.78. The van der Waals surface area contributed by atoms with Crippen LogP contribution in [0.25, 0.3) is 0 Å². The number of nitrogens with zero attached hydrogens (tertiary/aromatic N) is 1. The predicted octanol–water partition coefficient (Wildman–Crippen LogP) is 1.28. The van der Waals surface area contributed by atoms with Gasteiger partial charge in [-0.3, -0.25) is 23.7 Å². The van der Waals surface area contributed by atoms with Crippen LogP contribution < -0.4 is 26.6 Å². The topological polar surface area (TPSA) is 184 Å². The molecular formula is C24H35N4O9P. The van der Waals surface area contributed by atoms with Gasteiger partial charge < -0.3 is 24.8 Å². The van der Waals surface area contributed by atoms with Crippen LogP contribution in [0.5, 0.6) is 5.75 Å². The first kappa shape index (κ1) is 29.8. The van der Waals surface area contributed by atoms with Crippen molar-refractivity contribution in [1.29, 1.82) is 0 Å². The summed E-state index contributed by atoms with van der Waals surface area (Å²) < 4.78 is 37.1. The number of carbonyl (C=O) groups excluding carboxylic acids is 1. The van der Waals surface area contributed by atoms with E-state index in [1.807, 2.05) is 20.8 Å². The standard InChI is InChI=1S/C24H35N4O9P/c1-15(20(31)34-14-23(2,3)4)27-38(33,37-16-9-7-6-8-10-16)35-13-17-19(30)24(5,25)21(36-17)28-12-11-18(29)26-22(28)32/h6-12,15,17,19,21,30H,13-14,25H2,1-5H3,(H,27,33)(H,26,29,32)/t15-,17+,19?,21+,24+,38?/m0/s1. The van der Waals surface area contributed by atoms with Gasteiger partial charge in [0, 0.05) is 12.3 Å². The van der Waals surface area contributed by atoms with Crippen LogP contribution in [-0.2, 0) is 23.4 Å². The minimum atomic E-state index is -4.24. The van der Waals surface area contributed by atoms with E-state index in [2.05, 4.69) is 10.1 Å². The molecule has 14 heteroatoms. The highest BCUT2D eigenvalue weighted by molar-refractivity contribution is 7.52. The summed E-state index contributed by atoms with van der Waals surface area (Å²) in [6, 6.07) is 8.21. The van der Waals surface area contributed by atoms with E-state index >= 15 is 0 Å². The summed E-state index contributed by atoms with van der Waals surface area (Å²) in [4.78, 5) is 38.4. The normalized spacial score (nSPS) is 25.9. The summed E-state index contributed by atoms with van der Waals surface area (Å²) >= 11 is 0. The Morgan fingerprint density at radius 3 is 2.55 bits per heavy atom. The van der Waals surface area contributed by atoms with Gasteiger partial charge in [0.15, 0.2) is 6.23 Å². The van der Waals surface area contributed by atoms with Gasteiger partial charge in [0.1, 0.15) is 24.0 Å². The molecule has 0 bridgehead atoms. The van der Waals surface area contributed by atoms with Crippen LogP contribution in [0.3, 0.4) is 0 Å². The molecule has 6 atom stereocenters. The molecule has 210 valence electrons. The predicted molar refractivity (Wildman–Crippen MR) is 137 cm³/mol. The first-order chi connectivity index (χ1) is 17.6. The molecule has 0 amide bonds. The molecule has 5 N–H and O–H groups in total. The molecule has 1 saturated heterocycles. The van der Waals surface area contributed by atoms with Crippen LogP contribution >= 0.6 is 7.75 Å². The number of esters is 1.